The molecule has 1 aliphatic rings. The van der Waals surface area contributed by atoms with Crippen LogP contribution in [0, 0.1) is 10.1 Å². The van der Waals surface area contributed by atoms with Crippen molar-refractivity contribution < 1.29 is 18.9 Å². The van der Waals surface area contributed by atoms with Gasteiger partial charge in [-0.3, -0.25) is 20.2 Å². The Morgan fingerprint density at radius 3 is 2.61 bits per heavy atom. The predicted molar refractivity (Wildman–Crippen MR) is 83.1 cm³/mol. The summed E-state index contributed by atoms with van der Waals surface area (Å²) in [6.07, 6.45) is 1.37. The summed E-state index contributed by atoms with van der Waals surface area (Å²) in [5.74, 6) is 0.160. The summed E-state index contributed by atoms with van der Waals surface area (Å²) >= 11 is 3.31. The topological polar surface area (TPSA) is 114 Å². The lowest BCUT2D eigenvalue weighted by atomic mass is 10.1. The molecule has 1 aromatic carbocycles. The van der Waals surface area contributed by atoms with Gasteiger partial charge in [0, 0.05) is 28.2 Å². The molecule has 0 unspecified atom stereocenters. The Kier molecular flexibility index (Phi) is 3.70. The number of urea groups is 1. The highest BCUT2D eigenvalue weighted by Gasteiger charge is 2.23. The van der Waals surface area contributed by atoms with Gasteiger partial charge in [-0.25, -0.2) is 4.79 Å². The van der Waals surface area contributed by atoms with E-state index >= 15 is 0 Å². The second kappa shape index (κ2) is 5.69. The number of nitrogens with one attached hydrogen (secondary N) is 2. The molecule has 1 fully saturated rings. The van der Waals surface area contributed by atoms with Crippen molar-refractivity contribution in [3.8, 4) is 11.3 Å². The van der Waals surface area contributed by atoms with E-state index in [1.54, 1.807) is 18.2 Å². The van der Waals surface area contributed by atoms with Gasteiger partial charge in [-0.15, -0.1) is 0 Å². The van der Waals surface area contributed by atoms with E-state index in [4.69, 9.17) is 4.42 Å². The molecule has 1 saturated heterocycles. The first-order valence-electron chi connectivity index (χ1n) is 6.32. The van der Waals surface area contributed by atoms with Crippen LogP contribution in [-0.4, -0.2) is 16.9 Å². The minimum absolute atomic E-state index is 0.0639. The summed E-state index contributed by atoms with van der Waals surface area (Å²) in [6, 6.07) is 6.91. The number of nitro groups is 1. The summed E-state index contributed by atoms with van der Waals surface area (Å²) < 4.78 is 6.20. The predicted octanol–water partition coefficient (Wildman–Crippen LogP) is 2.80. The first-order chi connectivity index (χ1) is 10.9. The van der Waals surface area contributed by atoms with Crippen molar-refractivity contribution in [3.05, 3.63) is 56.4 Å². The highest BCUT2D eigenvalue weighted by molar-refractivity contribution is 9.10. The Bertz CT molecular complexity index is 871. The molecule has 2 heterocycles. The second-order valence-corrected chi connectivity index (χ2v) is 5.44. The van der Waals surface area contributed by atoms with Gasteiger partial charge in [0.1, 0.15) is 17.2 Å². The molecule has 2 N–H and O–H groups in total. The van der Waals surface area contributed by atoms with Gasteiger partial charge in [0.25, 0.3) is 11.6 Å². The quantitative estimate of drug-likeness (QED) is 0.369. The van der Waals surface area contributed by atoms with Gasteiger partial charge < -0.3 is 9.73 Å². The van der Waals surface area contributed by atoms with E-state index in [0.29, 0.717) is 21.6 Å². The number of imide groups is 1. The SMILES string of the molecule is O=C1NC(=O)C(=Cc2ccc(-c3cc([N+](=O)[O-])ccc3Br)o2)N1. The van der Waals surface area contributed by atoms with Crippen molar-refractivity contribution in [3.63, 3.8) is 0 Å². The molecule has 9 heteroatoms. The summed E-state index contributed by atoms with van der Waals surface area (Å²) in [5, 5.41) is 15.3. The number of hydrogen-bond acceptors (Lipinski definition) is 5. The van der Waals surface area contributed by atoms with E-state index in [2.05, 4.69) is 26.6 Å². The van der Waals surface area contributed by atoms with Crippen molar-refractivity contribution in [1.29, 1.82) is 0 Å². The fourth-order valence-corrected chi connectivity index (χ4v) is 2.46. The number of nitrogens with zero attached hydrogens (tertiary/aromatic N) is 1. The first kappa shape index (κ1) is 15.0. The van der Waals surface area contributed by atoms with Crippen molar-refractivity contribution in [2.45, 2.75) is 0 Å². The van der Waals surface area contributed by atoms with Crippen LogP contribution in [0.1, 0.15) is 5.76 Å². The normalized spacial score (nSPS) is 15.6. The van der Waals surface area contributed by atoms with E-state index in [9.17, 15) is 19.7 Å². The number of halogens is 1. The number of furan rings is 1. The third-order valence-electron chi connectivity index (χ3n) is 3.06. The minimum Gasteiger partial charge on any atom is -0.457 e. The Balaban J connectivity index is 1.95. The summed E-state index contributed by atoms with van der Waals surface area (Å²) in [6.45, 7) is 0. The molecule has 0 saturated carbocycles. The maximum Gasteiger partial charge on any atom is 0.326 e. The Morgan fingerprint density at radius 1 is 1.17 bits per heavy atom. The van der Waals surface area contributed by atoms with Crippen LogP contribution in [0.25, 0.3) is 17.4 Å². The molecular formula is C14H8BrN3O5. The van der Waals surface area contributed by atoms with Crippen molar-refractivity contribution >= 4 is 39.6 Å². The molecule has 1 aromatic heterocycles. The molecule has 0 spiro atoms. The molecule has 3 amide bonds. The molecule has 3 rings (SSSR count). The number of benzene rings is 1. The van der Waals surface area contributed by atoms with Gasteiger partial charge in [0.05, 0.1) is 4.92 Å². The van der Waals surface area contributed by atoms with Crippen LogP contribution in [0.2, 0.25) is 0 Å². The van der Waals surface area contributed by atoms with Crippen molar-refractivity contribution in [2.24, 2.45) is 0 Å². The molecule has 0 bridgehead atoms. The molecule has 23 heavy (non-hydrogen) atoms. The van der Waals surface area contributed by atoms with E-state index in [0.717, 1.165) is 0 Å². The third-order valence-corrected chi connectivity index (χ3v) is 3.75. The number of amides is 3. The van der Waals surface area contributed by atoms with Crippen LogP contribution in [0.5, 0.6) is 0 Å². The zero-order valence-electron chi connectivity index (χ0n) is 11.3. The van der Waals surface area contributed by atoms with Crippen LogP contribution in [0.15, 0.2) is 44.9 Å². The number of hydrogen-bond donors (Lipinski definition) is 2. The average molecular weight is 378 g/mol. The van der Waals surface area contributed by atoms with E-state index in [1.165, 1.54) is 18.2 Å². The maximum atomic E-state index is 11.5. The van der Waals surface area contributed by atoms with E-state index in [-0.39, 0.29) is 11.4 Å². The third kappa shape index (κ3) is 2.99. The van der Waals surface area contributed by atoms with Gasteiger partial charge in [-0.05, 0) is 18.2 Å². The Hall–Kier alpha value is -2.94. The molecule has 2 aromatic rings. The molecule has 8 nitrogen and oxygen atoms in total. The highest BCUT2D eigenvalue weighted by Crippen LogP contribution is 2.33. The number of carbonyl (C=O) groups is 2. The smallest absolute Gasteiger partial charge is 0.326 e. The summed E-state index contributed by atoms with van der Waals surface area (Å²) in [4.78, 5) is 32.9. The fraction of sp³-hybridized carbons (Fsp3) is 0. The van der Waals surface area contributed by atoms with Crippen LogP contribution in [0.4, 0.5) is 10.5 Å². The van der Waals surface area contributed by atoms with Crippen molar-refractivity contribution in [1.82, 2.24) is 10.6 Å². The van der Waals surface area contributed by atoms with E-state index in [1.807, 2.05) is 0 Å². The largest absolute Gasteiger partial charge is 0.457 e. The van der Waals surface area contributed by atoms with Crippen molar-refractivity contribution in [2.75, 3.05) is 0 Å². The molecule has 1 aliphatic heterocycles. The van der Waals surface area contributed by atoms with Crippen LogP contribution in [-0.2, 0) is 4.79 Å². The van der Waals surface area contributed by atoms with Gasteiger partial charge in [0.15, 0.2) is 0 Å². The number of rotatable bonds is 3. The van der Waals surface area contributed by atoms with Crippen LogP contribution in [0.3, 0.4) is 0 Å². The zero-order chi connectivity index (χ0) is 16.6. The lowest BCUT2D eigenvalue weighted by Gasteiger charge is -2.01. The average Bonchev–Trinajstić information content (AvgIpc) is 3.06. The van der Waals surface area contributed by atoms with Gasteiger partial charge in [0.2, 0.25) is 0 Å². The number of non-ortho nitro benzene ring substituents is 1. The standard InChI is InChI=1S/C14H8BrN3O5/c15-10-3-1-7(18(21)22)5-9(10)12-4-2-8(23-12)6-11-13(19)17-14(20)16-11/h1-6H,(H2,16,17,19,20). The lowest BCUT2D eigenvalue weighted by molar-refractivity contribution is -0.384. The monoisotopic (exact) mass is 377 g/mol. The van der Waals surface area contributed by atoms with Gasteiger partial charge >= 0.3 is 6.03 Å². The van der Waals surface area contributed by atoms with E-state index < -0.39 is 16.9 Å². The van der Waals surface area contributed by atoms with Crippen LogP contribution >= 0.6 is 15.9 Å². The molecular weight excluding hydrogens is 370 g/mol. The number of nitro benzene ring substituents is 1. The fourth-order valence-electron chi connectivity index (χ4n) is 2.02. The Morgan fingerprint density at radius 2 is 1.96 bits per heavy atom. The minimum atomic E-state index is -0.602. The molecule has 0 aliphatic carbocycles. The van der Waals surface area contributed by atoms with Gasteiger partial charge in [-0.2, -0.15) is 0 Å². The summed E-state index contributed by atoms with van der Waals surface area (Å²) in [7, 11) is 0. The zero-order valence-corrected chi connectivity index (χ0v) is 12.9. The molecule has 0 atom stereocenters. The van der Waals surface area contributed by atoms with Crippen LogP contribution < -0.4 is 10.6 Å². The molecule has 0 radical (unpaired) electrons. The Labute approximate surface area is 137 Å². The maximum absolute atomic E-state index is 11.5. The molecule has 116 valence electrons. The highest BCUT2D eigenvalue weighted by atomic mass is 79.9. The number of carbonyl (C=O) groups excluding carboxylic acids is 2. The second-order valence-electron chi connectivity index (χ2n) is 4.59. The lowest BCUT2D eigenvalue weighted by Crippen LogP contribution is -2.22. The summed E-state index contributed by atoms with van der Waals surface area (Å²) in [5.41, 5.74) is 0.500. The first-order valence-corrected chi connectivity index (χ1v) is 7.11. The van der Waals surface area contributed by atoms with Gasteiger partial charge in [-0.1, -0.05) is 15.9 Å².